The summed E-state index contributed by atoms with van der Waals surface area (Å²) in [6.07, 6.45) is 2.89. The maximum atomic E-state index is 12.0. The molecule has 0 bridgehead atoms. The predicted octanol–water partition coefficient (Wildman–Crippen LogP) is 2.86. The second kappa shape index (κ2) is 9.25. The number of anilines is 1. The van der Waals surface area contributed by atoms with E-state index >= 15 is 0 Å². The molecule has 1 aromatic rings. The summed E-state index contributed by atoms with van der Waals surface area (Å²) in [7, 11) is 0. The molecule has 0 saturated carbocycles. The lowest BCUT2D eigenvalue weighted by atomic mass is 10.2. The fourth-order valence-electron chi connectivity index (χ4n) is 2.28. The standard InChI is InChI=1S/C20H20N2O5/c1-4-22-16-7-5-6-8-17(16)27-18(22)10-9-15(13-21)20(24)26-12-11-25-19(23)14(2)3/h5-10H,2,4,11-12H2,1,3H3/b15-9+,18-10-. The van der Waals surface area contributed by atoms with E-state index in [-0.39, 0.29) is 24.4 Å². The van der Waals surface area contributed by atoms with Gasteiger partial charge in [-0.05, 0) is 32.1 Å². The monoisotopic (exact) mass is 368 g/mol. The Morgan fingerprint density at radius 1 is 1.26 bits per heavy atom. The van der Waals surface area contributed by atoms with Crippen LogP contribution < -0.4 is 9.64 Å². The molecule has 7 heteroatoms. The molecule has 7 nitrogen and oxygen atoms in total. The van der Waals surface area contributed by atoms with E-state index < -0.39 is 11.9 Å². The van der Waals surface area contributed by atoms with Crippen LogP contribution in [0, 0.1) is 11.3 Å². The summed E-state index contributed by atoms with van der Waals surface area (Å²) >= 11 is 0. The topological polar surface area (TPSA) is 88.9 Å². The van der Waals surface area contributed by atoms with Crippen molar-refractivity contribution >= 4 is 17.6 Å². The molecule has 0 aromatic heterocycles. The van der Waals surface area contributed by atoms with Gasteiger partial charge in [-0.3, -0.25) is 0 Å². The first-order valence-corrected chi connectivity index (χ1v) is 8.34. The molecule has 140 valence electrons. The van der Waals surface area contributed by atoms with Crippen LogP contribution in [0.2, 0.25) is 0 Å². The minimum absolute atomic E-state index is 0.112. The van der Waals surface area contributed by atoms with Gasteiger partial charge in [0, 0.05) is 18.2 Å². The van der Waals surface area contributed by atoms with Gasteiger partial charge in [0.05, 0.1) is 5.69 Å². The first kappa shape index (κ1) is 19.8. The molecule has 0 fully saturated rings. The molecule has 1 heterocycles. The molecule has 0 aliphatic carbocycles. The third-order valence-corrected chi connectivity index (χ3v) is 3.58. The van der Waals surface area contributed by atoms with E-state index in [1.165, 1.54) is 13.0 Å². The minimum atomic E-state index is -0.806. The van der Waals surface area contributed by atoms with E-state index in [0.717, 1.165) is 5.69 Å². The number of hydrogen-bond acceptors (Lipinski definition) is 7. The van der Waals surface area contributed by atoms with Crippen molar-refractivity contribution in [1.82, 2.24) is 0 Å². The van der Waals surface area contributed by atoms with Crippen LogP contribution in [-0.4, -0.2) is 31.7 Å². The third-order valence-electron chi connectivity index (χ3n) is 3.58. The number of benzene rings is 1. The summed E-state index contributed by atoms with van der Waals surface area (Å²) in [5.74, 6) is -0.155. The van der Waals surface area contributed by atoms with Gasteiger partial charge in [-0.15, -0.1) is 0 Å². The highest BCUT2D eigenvalue weighted by molar-refractivity contribution is 5.93. The Morgan fingerprint density at radius 3 is 2.56 bits per heavy atom. The van der Waals surface area contributed by atoms with E-state index in [1.54, 1.807) is 12.1 Å². The van der Waals surface area contributed by atoms with E-state index in [4.69, 9.17) is 14.2 Å². The van der Waals surface area contributed by atoms with Crippen molar-refractivity contribution < 1.29 is 23.8 Å². The Hall–Kier alpha value is -3.53. The lowest BCUT2D eigenvalue weighted by Crippen LogP contribution is -2.19. The molecule has 0 spiro atoms. The van der Waals surface area contributed by atoms with Crippen molar-refractivity contribution in [2.24, 2.45) is 0 Å². The number of ether oxygens (including phenoxy) is 3. The lowest BCUT2D eigenvalue weighted by Gasteiger charge is -2.14. The Bertz CT molecular complexity index is 848. The van der Waals surface area contributed by atoms with E-state index in [0.29, 0.717) is 18.2 Å². The molecule has 2 rings (SSSR count). The summed E-state index contributed by atoms with van der Waals surface area (Å²) < 4.78 is 15.5. The number of carbonyl (C=O) groups excluding carboxylic acids is 2. The zero-order valence-electron chi connectivity index (χ0n) is 15.2. The molecule has 0 N–H and O–H groups in total. The Morgan fingerprint density at radius 2 is 1.93 bits per heavy atom. The number of rotatable bonds is 7. The van der Waals surface area contributed by atoms with Gasteiger partial charge in [0.1, 0.15) is 24.9 Å². The average Bonchev–Trinajstić information content (AvgIpc) is 3.02. The number of fused-ring (bicyclic) bond motifs is 1. The zero-order chi connectivity index (χ0) is 19.8. The molecule has 27 heavy (non-hydrogen) atoms. The Labute approximate surface area is 157 Å². The van der Waals surface area contributed by atoms with Crippen molar-refractivity contribution in [3.05, 3.63) is 60.0 Å². The first-order chi connectivity index (χ1) is 13.0. The van der Waals surface area contributed by atoms with Crippen LogP contribution in [0.25, 0.3) is 0 Å². The number of para-hydroxylation sites is 2. The maximum Gasteiger partial charge on any atom is 0.349 e. The maximum absolute atomic E-state index is 12.0. The summed E-state index contributed by atoms with van der Waals surface area (Å²) in [4.78, 5) is 25.1. The molecule has 0 atom stereocenters. The number of carbonyl (C=O) groups is 2. The van der Waals surface area contributed by atoms with E-state index in [9.17, 15) is 14.9 Å². The number of esters is 2. The Kier molecular flexibility index (Phi) is 6.78. The summed E-state index contributed by atoms with van der Waals surface area (Å²) in [5, 5.41) is 9.18. The highest BCUT2D eigenvalue weighted by Crippen LogP contribution is 2.38. The quantitative estimate of drug-likeness (QED) is 0.316. The molecule has 0 saturated heterocycles. The zero-order valence-corrected chi connectivity index (χ0v) is 15.2. The van der Waals surface area contributed by atoms with Crippen LogP contribution in [-0.2, 0) is 19.1 Å². The third kappa shape index (κ3) is 4.98. The largest absolute Gasteiger partial charge is 0.459 e. The molecule has 1 aromatic carbocycles. The average molecular weight is 368 g/mol. The molecule has 1 aliphatic heterocycles. The van der Waals surface area contributed by atoms with Crippen LogP contribution in [0.3, 0.4) is 0 Å². The van der Waals surface area contributed by atoms with Crippen LogP contribution >= 0.6 is 0 Å². The van der Waals surface area contributed by atoms with Crippen LogP contribution in [0.1, 0.15) is 13.8 Å². The van der Waals surface area contributed by atoms with E-state index in [2.05, 4.69) is 6.58 Å². The van der Waals surface area contributed by atoms with Crippen LogP contribution in [0.4, 0.5) is 5.69 Å². The number of hydrogen-bond donors (Lipinski definition) is 0. The number of nitrogens with zero attached hydrogens (tertiary/aromatic N) is 2. The minimum Gasteiger partial charge on any atom is -0.459 e. The summed E-state index contributed by atoms with van der Waals surface area (Å²) in [6.45, 7) is 7.32. The van der Waals surface area contributed by atoms with Gasteiger partial charge in [-0.25, -0.2) is 9.59 Å². The van der Waals surface area contributed by atoms with Crippen molar-refractivity contribution in [3.63, 3.8) is 0 Å². The van der Waals surface area contributed by atoms with Gasteiger partial charge in [-0.2, -0.15) is 5.26 Å². The van der Waals surface area contributed by atoms with Gasteiger partial charge in [0.15, 0.2) is 5.75 Å². The van der Waals surface area contributed by atoms with Crippen LogP contribution in [0.5, 0.6) is 5.75 Å². The van der Waals surface area contributed by atoms with Gasteiger partial charge < -0.3 is 19.1 Å². The molecule has 1 aliphatic rings. The van der Waals surface area contributed by atoms with Crippen molar-refractivity contribution in [3.8, 4) is 11.8 Å². The fraction of sp³-hybridized carbons (Fsp3) is 0.250. The van der Waals surface area contributed by atoms with Gasteiger partial charge in [0.2, 0.25) is 5.88 Å². The van der Waals surface area contributed by atoms with Crippen molar-refractivity contribution in [2.75, 3.05) is 24.7 Å². The molecule has 0 amide bonds. The SMILES string of the molecule is C=C(C)C(=O)OCCOC(=O)/C(C#N)=C/C=C1\Oc2ccccc2N1CC. The lowest BCUT2D eigenvalue weighted by molar-refractivity contribution is -0.147. The first-order valence-electron chi connectivity index (χ1n) is 8.34. The highest BCUT2D eigenvalue weighted by Gasteiger charge is 2.24. The van der Waals surface area contributed by atoms with E-state index in [1.807, 2.05) is 36.1 Å². The predicted molar refractivity (Wildman–Crippen MR) is 98.6 cm³/mol. The van der Waals surface area contributed by atoms with Crippen molar-refractivity contribution in [1.29, 1.82) is 5.26 Å². The normalized spacial score (nSPS) is 14.2. The highest BCUT2D eigenvalue weighted by atomic mass is 16.6. The number of nitriles is 1. The van der Waals surface area contributed by atoms with Crippen LogP contribution in [0.15, 0.2) is 60.0 Å². The Balaban J connectivity index is 1.99. The molecule has 0 unspecified atom stereocenters. The fourth-order valence-corrected chi connectivity index (χ4v) is 2.28. The molecular formula is C20H20N2O5. The molecular weight excluding hydrogens is 348 g/mol. The second-order valence-electron chi connectivity index (χ2n) is 5.56. The van der Waals surface area contributed by atoms with Gasteiger partial charge in [-0.1, -0.05) is 18.7 Å². The summed E-state index contributed by atoms with van der Waals surface area (Å²) in [5.41, 5.74) is 0.980. The smallest absolute Gasteiger partial charge is 0.349 e. The second-order valence-corrected chi connectivity index (χ2v) is 5.56. The van der Waals surface area contributed by atoms with Gasteiger partial charge in [0.25, 0.3) is 0 Å². The molecule has 0 radical (unpaired) electrons. The number of allylic oxidation sites excluding steroid dienone is 2. The van der Waals surface area contributed by atoms with Crippen molar-refractivity contribution in [2.45, 2.75) is 13.8 Å². The van der Waals surface area contributed by atoms with Gasteiger partial charge >= 0.3 is 11.9 Å². The summed E-state index contributed by atoms with van der Waals surface area (Å²) in [6, 6.07) is 9.33.